The lowest BCUT2D eigenvalue weighted by atomic mass is 10.0. The summed E-state index contributed by atoms with van der Waals surface area (Å²) in [7, 11) is 3.06. The summed E-state index contributed by atoms with van der Waals surface area (Å²) >= 11 is 0. The summed E-state index contributed by atoms with van der Waals surface area (Å²) in [5.41, 5.74) is 0.460. The van der Waals surface area contributed by atoms with Gasteiger partial charge in [0.05, 0.1) is 14.2 Å². The molecule has 2 rings (SSSR count). The fraction of sp³-hybridized carbons (Fsp3) is 0.462. The number of hydrogen-bond acceptors (Lipinski definition) is 4. The molecule has 92 valence electrons. The quantitative estimate of drug-likeness (QED) is 0.790. The second-order valence-electron chi connectivity index (χ2n) is 4.22. The summed E-state index contributed by atoms with van der Waals surface area (Å²) in [6, 6.07) is 4.92. The van der Waals surface area contributed by atoms with Gasteiger partial charge in [-0.05, 0) is 37.0 Å². The van der Waals surface area contributed by atoms with Crippen molar-refractivity contribution in [3.05, 3.63) is 23.8 Å². The number of methoxy groups -OCH3 is 2. The second kappa shape index (κ2) is 4.75. The van der Waals surface area contributed by atoms with E-state index in [4.69, 9.17) is 9.47 Å². The van der Waals surface area contributed by atoms with Gasteiger partial charge in [-0.1, -0.05) is 0 Å². The molecule has 1 aromatic rings. The first-order chi connectivity index (χ1) is 8.17. The maximum atomic E-state index is 11.9. The highest BCUT2D eigenvalue weighted by Crippen LogP contribution is 2.35. The average Bonchev–Trinajstić information content (AvgIpc) is 3.20. The molecule has 1 aliphatic carbocycles. The summed E-state index contributed by atoms with van der Waals surface area (Å²) in [5.74, 6) is 0.968. The summed E-state index contributed by atoms with van der Waals surface area (Å²) in [5, 5.41) is 9.78. The standard InChI is InChI=1S/C13H16O4/c1-16-10-6-5-9(7-11(10)17-2)13(15)12(14)8-3-4-8/h5-8,12,14H,3-4H2,1-2H3. The molecule has 0 aliphatic heterocycles. The van der Waals surface area contributed by atoms with Crippen LogP contribution in [0.4, 0.5) is 0 Å². The van der Waals surface area contributed by atoms with Crippen LogP contribution >= 0.6 is 0 Å². The van der Waals surface area contributed by atoms with Gasteiger partial charge in [0.1, 0.15) is 6.10 Å². The van der Waals surface area contributed by atoms with Crippen LogP contribution in [0.2, 0.25) is 0 Å². The Morgan fingerprint density at radius 2 is 1.94 bits per heavy atom. The number of aliphatic hydroxyl groups is 1. The van der Waals surface area contributed by atoms with E-state index >= 15 is 0 Å². The van der Waals surface area contributed by atoms with Crippen LogP contribution in [0.5, 0.6) is 11.5 Å². The van der Waals surface area contributed by atoms with E-state index in [-0.39, 0.29) is 11.7 Å². The smallest absolute Gasteiger partial charge is 0.191 e. The molecule has 0 amide bonds. The van der Waals surface area contributed by atoms with Crippen molar-refractivity contribution in [3.8, 4) is 11.5 Å². The van der Waals surface area contributed by atoms with Gasteiger partial charge in [0, 0.05) is 5.56 Å². The number of ketones is 1. The van der Waals surface area contributed by atoms with E-state index in [0.717, 1.165) is 12.8 Å². The van der Waals surface area contributed by atoms with Gasteiger partial charge in [-0.3, -0.25) is 4.79 Å². The Morgan fingerprint density at radius 1 is 1.29 bits per heavy atom. The molecule has 0 heterocycles. The molecule has 1 atom stereocenters. The van der Waals surface area contributed by atoms with Crippen LogP contribution in [0.15, 0.2) is 18.2 Å². The van der Waals surface area contributed by atoms with Crippen LogP contribution in [0.3, 0.4) is 0 Å². The third-order valence-corrected chi connectivity index (χ3v) is 3.01. The Labute approximate surface area is 100 Å². The van der Waals surface area contributed by atoms with E-state index in [1.165, 1.54) is 7.11 Å². The van der Waals surface area contributed by atoms with Crippen molar-refractivity contribution < 1.29 is 19.4 Å². The Kier molecular flexibility index (Phi) is 3.33. The summed E-state index contributed by atoms with van der Waals surface area (Å²) in [4.78, 5) is 11.9. The molecule has 1 unspecified atom stereocenters. The van der Waals surface area contributed by atoms with Gasteiger partial charge in [-0.25, -0.2) is 0 Å². The van der Waals surface area contributed by atoms with E-state index in [0.29, 0.717) is 17.1 Å². The van der Waals surface area contributed by atoms with Crippen LogP contribution < -0.4 is 9.47 Å². The van der Waals surface area contributed by atoms with Crippen LogP contribution in [0.25, 0.3) is 0 Å². The Balaban J connectivity index is 2.23. The monoisotopic (exact) mass is 236 g/mol. The number of ether oxygens (including phenoxy) is 2. The largest absolute Gasteiger partial charge is 0.493 e. The Hall–Kier alpha value is -1.55. The van der Waals surface area contributed by atoms with Gasteiger partial charge >= 0.3 is 0 Å². The summed E-state index contributed by atoms with van der Waals surface area (Å²) < 4.78 is 10.2. The molecule has 1 aromatic carbocycles. The van der Waals surface area contributed by atoms with E-state index in [9.17, 15) is 9.90 Å². The van der Waals surface area contributed by atoms with Gasteiger partial charge < -0.3 is 14.6 Å². The highest BCUT2D eigenvalue weighted by Gasteiger charge is 2.35. The van der Waals surface area contributed by atoms with E-state index < -0.39 is 6.10 Å². The second-order valence-corrected chi connectivity index (χ2v) is 4.22. The SMILES string of the molecule is COc1ccc(C(=O)C(O)C2CC2)cc1OC. The fourth-order valence-electron chi connectivity index (χ4n) is 1.79. The third-order valence-electron chi connectivity index (χ3n) is 3.01. The first kappa shape index (κ1) is 11.9. The van der Waals surface area contributed by atoms with E-state index in [2.05, 4.69) is 0 Å². The van der Waals surface area contributed by atoms with Gasteiger partial charge in [0.15, 0.2) is 17.3 Å². The summed E-state index contributed by atoms with van der Waals surface area (Å²) in [6.07, 6.45) is 0.980. The molecule has 0 saturated heterocycles. The lowest BCUT2D eigenvalue weighted by molar-refractivity contribution is 0.0703. The highest BCUT2D eigenvalue weighted by molar-refractivity contribution is 6.00. The van der Waals surface area contributed by atoms with Gasteiger partial charge in [0.2, 0.25) is 0 Å². The fourth-order valence-corrected chi connectivity index (χ4v) is 1.79. The molecule has 1 saturated carbocycles. The lowest BCUT2D eigenvalue weighted by Crippen LogP contribution is -2.22. The van der Waals surface area contributed by atoms with Gasteiger partial charge in [-0.2, -0.15) is 0 Å². The minimum Gasteiger partial charge on any atom is -0.493 e. The molecule has 4 nitrogen and oxygen atoms in total. The topological polar surface area (TPSA) is 55.8 Å². The zero-order valence-corrected chi connectivity index (χ0v) is 9.97. The van der Waals surface area contributed by atoms with Crippen molar-refractivity contribution in [3.63, 3.8) is 0 Å². The molecular weight excluding hydrogens is 220 g/mol. The zero-order chi connectivity index (χ0) is 12.4. The van der Waals surface area contributed by atoms with Crippen molar-refractivity contribution in [1.82, 2.24) is 0 Å². The van der Waals surface area contributed by atoms with Crippen LogP contribution in [0.1, 0.15) is 23.2 Å². The van der Waals surface area contributed by atoms with Gasteiger partial charge in [-0.15, -0.1) is 0 Å². The van der Waals surface area contributed by atoms with E-state index in [1.807, 2.05) is 0 Å². The minimum atomic E-state index is -0.881. The molecule has 0 spiro atoms. The number of hydrogen-bond donors (Lipinski definition) is 1. The van der Waals surface area contributed by atoms with Crippen LogP contribution in [-0.4, -0.2) is 31.2 Å². The Morgan fingerprint density at radius 3 is 2.47 bits per heavy atom. The number of rotatable bonds is 5. The molecule has 0 aromatic heterocycles. The number of carbonyl (C=O) groups excluding carboxylic acids is 1. The predicted octanol–water partition coefficient (Wildman–Crippen LogP) is 1.66. The minimum absolute atomic E-state index is 0.135. The predicted molar refractivity (Wildman–Crippen MR) is 62.6 cm³/mol. The third kappa shape index (κ3) is 2.42. The molecule has 0 bridgehead atoms. The first-order valence-corrected chi connectivity index (χ1v) is 5.61. The molecule has 1 aliphatic rings. The molecular formula is C13H16O4. The van der Waals surface area contributed by atoms with E-state index in [1.54, 1.807) is 25.3 Å². The summed E-state index contributed by atoms with van der Waals surface area (Å²) in [6.45, 7) is 0. The maximum Gasteiger partial charge on any atom is 0.191 e. The zero-order valence-electron chi connectivity index (χ0n) is 9.97. The van der Waals surface area contributed by atoms with Crippen molar-refractivity contribution in [2.24, 2.45) is 5.92 Å². The number of Topliss-reactive ketones (excluding diaryl/α,β-unsaturated/α-hetero) is 1. The number of aliphatic hydroxyl groups excluding tert-OH is 1. The van der Waals surface area contributed by atoms with Crippen LogP contribution in [-0.2, 0) is 0 Å². The van der Waals surface area contributed by atoms with Crippen molar-refractivity contribution in [2.75, 3.05) is 14.2 Å². The molecule has 17 heavy (non-hydrogen) atoms. The number of carbonyl (C=O) groups is 1. The lowest BCUT2D eigenvalue weighted by Gasteiger charge is -2.11. The highest BCUT2D eigenvalue weighted by atomic mass is 16.5. The van der Waals surface area contributed by atoms with Crippen molar-refractivity contribution in [1.29, 1.82) is 0 Å². The van der Waals surface area contributed by atoms with Crippen LogP contribution in [0, 0.1) is 5.92 Å². The average molecular weight is 236 g/mol. The number of benzene rings is 1. The van der Waals surface area contributed by atoms with Gasteiger partial charge in [0.25, 0.3) is 0 Å². The molecule has 0 radical (unpaired) electrons. The molecule has 1 N–H and O–H groups in total. The molecule has 4 heteroatoms. The Bertz CT molecular complexity index is 423. The maximum absolute atomic E-state index is 11.9. The molecule has 1 fully saturated rings. The first-order valence-electron chi connectivity index (χ1n) is 5.61. The van der Waals surface area contributed by atoms with Crippen molar-refractivity contribution >= 4 is 5.78 Å². The van der Waals surface area contributed by atoms with Crippen molar-refractivity contribution in [2.45, 2.75) is 18.9 Å². The normalized spacial score (nSPS) is 16.4.